The van der Waals surface area contributed by atoms with Gasteiger partial charge in [-0.25, -0.2) is 4.79 Å². The number of carboxylic acids is 1. The van der Waals surface area contributed by atoms with Gasteiger partial charge in [0.2, 0.25) is 0 Å². The van der Waals surface area contributed by atoms with E-state index in [4.69, 9.17) is 0 Å². The minimum atomic E-state index is -1.84. The molecule has 0 spiro atoms. The van der Waals surface area contributed by atoms with Crippen molar-refractivity contribution in [2.45, 2.75) is 0 Å². The lowest BCUT2D eigenvalue weighted by atomic mass is 10.7. The zero-order valence-corrected chi connectivity index (χ0v) is 5.46. The Balaban J connectivity index is 3.31. The fraction of sp³-hybridized carbons (Fsp3) is 0.600. The molecular formula is C5H7O5-. The largest absolute Gasteiger partial charge is 0.539 e. The summed E-state index contributed by atoms with van der Waals surface area (Å²) in [5.74, 6) is -3.20. The zero-order valence-electron chi connectivity index (χ0n) is 5.46. The Labute approximate surface area is 57.5 Å². The van der Waals surface area contributed by atoms with Crippen LogP contribution in [-0.4, -0.2) is 32.3 Å². The molecule has 0 aromatic carbocycles. The lowest BCUT2D eigenvalue weighted by Crippen LogP contribution is -2.33. The first-order valence-electron chi connectivity index (χ1n) is 2.55. The highest BCUT2D eigenvalue weighted by molar-refractivity contribution is 6.27. The minimum Gasteiger partial charge on any atom is -0.539 e. The van der Waals surface area contributed by atoms with Crippen LogP contribution < -0.4 is 5.11 Å². The van der Waals surface area contributed by atoms with Crippen molar-refractivity contribution >= 4 is 11.9 Å². The molecule has 0 aliphatic carbocycles. The molecule has 0 saturated heterocycles. The molecule has 0 rings (SSSR count). The molecule has 0 heterocycles. The van der Waals surface area contributed by atoms with Crippen molar-refractivity contribution in [2.24, 2.45) is 0 Å². The molecule has 0 radical (unpaired) electrons. The molecule has 0 amide bonds. The maximum atomic E-state index is 10.1. The van der Waals surface area contributed by atoms with E-state index < -0.39 is 11.9 Å². The molecule has 0 bridgehead atoms. The summed E-state index contributed by atoms with van der Waals surface area (Å²) in [7, 11) is 1.41. The van der Waals surface area contributed by atoms with Crippen molar-refractivity contribution in [2.75, 3.05) is 20.3 Å². The topological polar surface area (TPSA) is 75.7 Å². The number of hydrogen-bond donors (Lipinski definition) is 0. The molecule has 10 heavy (non-hydrogen) atoms. The molecule has 58 valence electrons. The molecule has 0 aromatic rings. The van der Waals surface area contributed by atoms with Crippen molar-refractivity contribution in [1.29, 1.82) is 0 Å². The van der Waals surface area contributed by atoms with Gasteiger partial charge in [-0.05, 0) is 0 Å². The first-order chi connectivity index (χ1) is 4.68. The van der Waals surface area contributed by atoms with Gasteiger partial charge < -0.3 is 19.4 Å². The maximum absolute atomic E-state index is 10.1. The molecule has 0 aliphatic heterocycles. The lowest BCUT2D eigenvalue weighted by Gasteiger charge is -2.02. The lowest BCUT2D eigenvalue weighted by molar-refractivity contribution is -0.303. The molecular weight excluding hydrogens is 140 g/mol. The minimum absolute atomic E-state index is 0.0662. The van der Waals surface area contributed by atoms with Crippen molar-refractivity contribution < 1.29 is 24.2 Å². The van der Waals surface area contributed by atoms with E-state index in [9.17, 15) is 14.7 Å². The molecule has 5 heteroatoms. The Morgan fingerprint density at radius 2 is 2.00 bits per heavy atom. The van der Waals surface area contributed by atoms with Gasteiger partial charge in [0.05, 0.1) is 6.61 Å². The Morgan fingerprint density at radius 1 is 1.40 bits per heavy atom. The number of esters is 1. The van der Waals surface area contributed by atoms with Gasteiger partial charge in [0.15, 0.2) is 5.97 Å². The zero-order chi connectivity index (χ0) is 7.98. The Kier molecular flexibility index (Phi) is 4.23. The first-order valence-corrected chi connectivity index (χ1v) is 2.55. The van der Waals surface area contributed by atoms with Gasteiger partial charge >= 0.3 is 5.97 Å². The van der Waals surface area contributed by atoms with Crippen LogP contribution in [0.2, 0.25) is 0 Å². The van der Waals surface area contributed by atoms with Crippen LogP contribution in [0.5, 0.6) is 0 Å². The Bertz CT molecular complexity index is 130. The summed E-state index contributed by atoms with van der Waals surface area (Å²) in [4.78, 5) is 19.7. The third kappa shape index (κ3) is 3.85. The van der Waals surface area contributed by atoms with Gasteiger partial charge in [-0.2, -0.15) is 0 Å². The normalized spacial score (nSPS) is 8.90. The second-order valence-corrected chi connectivity index (χ2v) is 1.42. The predicted octanol–water partition coefficient (Wildman–Crippen LogP) is -2.07. The van der Waals surface area contributed by atoms with Crippen LogP contribution in [-0.2, 0) is 19.1 Å². The molecule has 0 fully saturated rings. The second-order valence-electron chi connectivity index (χ2n) is 1.42. The average Bonchev–Trinajstić information content (AvgIpc) is 1.88. The van der Waals surface area contributed by atoms with Crippen molar-refractivity contribution in [3.63, 3.8) is 0 Å². The summed E-state index contributed by atoms with van der Waals surface area (Å²) in [6.07, 6.45) is 0. The van der Waals surface area contributed by atoms with E-state index in [1.54, 1.807) is 0 Å². The summed E-state index contributed by atoms with van der Waals surface area (Å²) in [5.41, 5.74) is 0. The monoisotopic (exact) mass is 147 g/mol. The van der Waals surface area contributed by atoms with E-state index in [-0.39, 0.29) is 13.2 Å². The number of rotatable bonds is 3. The molecule has 0 saturated carbocycles. The molecule has 5 nitrogen and oxygen atoms in total. The van der Waals surface area contributed by atoms with E-state index in [0.717, 1.165) is 0 Å². The third-order valence-corrected chi connectivity index (χ3v) is 0.687. The van der Waals surface area contributed by atoms with Gasteiger partial charge in [-0.3, -0.25) is 0 Å². The fourth-order valence-electron chi connectivity index (χ4n) is 0.277. The van der Waals surface area contributed by atoms with E-state index in [1.807, 2.05) is 0 Å². The summed E-state index contributed by atoms with van der Waals surface area (Å²) in [6.45, 7) is 0.113. The molecule has 0 aliphatic rings. The van der Waals surface area contributed by atoms with Crippen LogP contribution in [0.3, 0.4) is 0 Å². The highest BCUT2D eigenvalue weighted by atomic mass is 16.6. The number of carboxylic acid groups (broad SMARTS) is 1. The number of carbonyl (C=O) groups is 2. The number of aliphatic carboxylic acids is 1. The Morgan fingerprint density at radius 3 is 2.40 bits per heavy atom. The highest BCUT2D eigenvalue weighted by Crippen LogP contribution is 1.76. The van der Waals surface area contributed by atoms with Gasteiger partial charge in [0.25, 0.3) is 0 Å². The molecule has 0 unspecified atom stereocenters. The summed E-state index contributed by atoms with van der Waals surface area (Å²) >= 11 is 0. The van der Waals surface area contributed by atoms with Crippen LogP contribution in [0.15, 0.2) is 0 Å². The average molecular weight is 147 g/mol. The van der Waals surface area contributed by atoms with Crippen molar-refractivity contribution in [3.05, 3.63) is 0 Å². The van der Waals surface area contributed by atoms with E-state index in [1.165, 1.54) is 7.11 Å². The van der Waals surface area contributed by atoms with E-state index in [0.29, 0.717) is 0 Å². The molecule has 0 atom stereocenters. The number of ether oxygens (including phenoxy) is 2. The predicted molar refractivity (Wildman–Crippen MR) is 27.8 cm³/mol. The van der Waals surface area contributed by atoms with E-state index in [2.05, 4.69) is 9.47 Å². The highest BCUT2D eigenvalue weighted by Gasteiger charge is 2.00. The second kappa shape index (κ2) is 4.75. The van der Waals surface area contributed by atoms with Gasteiger partial charge in [0, 0.05) is 7.11 Å². The molecule has 0 N–H and O–H groups in total. The Hall–Kier alpha value is -1.10. The van der Waals surface area contributed by atoms with Crippen molar-refractivity contribution in [1.82, 2.24) is 0 Å². The third-order valence-electron chi connectivity index (χ3n) is 0.687. The number of hydrogen-bond acceptors (Lipinski definition) is 5. The number of methoxy groups -OCH3 is 1. The SMILES string of the molecule is COCCOC(=O)C(=O)[O-]. The maximum Gasteiger partial charge on any atom is 0.354 e. The summed E-state index contributed by atoms with van der Waals surface area (Å²) in [6, 6.07) is 0. The van der Waals surface area contributed by atoms with Crippen LogP contribution in [0, 0.1) is 0 Å². The van der Waals surface area contributed by atoms with Crippen LogP contribution in [0.1, 0.15) is 0 Å². The van der Waals surface area contributed by atoms with Crippen LogP contribution >= 0.6 is 0 Å². The van der Waals surface area contributed by atoms with E-state index >= 15 is 0 Å². The number of carbonyl (C=O) groups excluding carboxylic acids is 2. The standard InChI is InChI=1S/C5H8O5/c1-9-2-3-10-5(8)4(6)7/h2-3H2,1H3,(H,6,7)/p-1. The first kappa shape index (κ1) is 8.90. The smallest absolute Gasteiger partial charge is 0.354 e. The van der Waals surface area contributed by atoms with Gasteiger partial charge in [0.1, 0.15) is 6.61 Å². The summed E-state index contributed by atoms with van der Waals surface area (Å²) in [5, 5.41) is 9.67. The summed E-state index contributed by atoms with van der Waals surface area (Å²) < 4.78 is 8.60. The quantitative estimate of drug-likeness (QED) is 0.260. The van der Waals surface area contributed by atoms with Crippen molar-refractivity contribution in [3.8, 4) is 0 Å². The van der Waals surface area contributed by atoms with Gasteiger partial charge in [-0.1, -0.05) is 0 Å². The molecule has 0 aromatic heterocycles. The van der Waals surface area contributed by atoms with Crippen LogP contribution in [0.25, 0.3) is 0 Å². The van der Waals surface area contributed by atoms with Crippen LogP contribution in [0.4, 0.5) is 0 Å². The fourth-order valence-corrected chi connectivity index (χ4v) is 0.277. The van der Waals surface area contributed by atoms with Gasteiger partial charge in [-0.15, -0.1) is 0 Å².